The van der Waals surface area contributed by atoms with Gasteiger partial charge in [0.1, 0.15) is 0 Å². The first-order valence-corrected chi connectivity index (χ1v) is 4.04. The van der Waals surface area contributed by atoms with Crippen molar-refractivity contribution in [1.82, 2.24) is 0 Å². The summed E-state index contributed by atoms with van der Waals surface area (Å²) in [7, 11) is 2.27. The quantitative estimate of drug-likeness (QED) is 0.518. The maximum absolute atomic E-state index is 11.1. The second-order valence-electron chi connectivity index (χ2n) is 2.81. The van der Waals surface area contributed by atoms with Crippen LogP contribution >= 0.6 is 0 Å². The second-order valence-corrected chi connectivity index (χ2v) is 2.81. The van der Waals surface area contributed by atoms with Gasteiger partial charge in [-0.2, -0.15) is 0 Å². The molecule has 0 unspecified atom stereocenters. The minimum atomic E-state index is -0.794. The van der Waals surface area contributed by atoms with E-state index in [4.69, 9.17) is 0 Å². The minimum absolute atomic E-state index is 0. The Balaban J connectivity index is 0.00000225. The van der Waals surface area contributed by atoms with Crippen LogP contribution in [0.25, 0.3) is 0 Å². The average Bonchev–Trinajstić information content (AvgIpc) is 2.54. The zero-order chi connectivity index (χ0) is 11.6. The molecule has 1 radical (unpaired) electrons. The Morgan fingerprint density at radius 1 is 1.00 bits per heavy atom. The van der Waals surface area contributed by atoms with Gasteiger partial charge in [-0.25, -0.2) is 9.59 Å². The third-order valence-corrected chi connectivity index (χ3v) is 2.01. The van der Waals surface area contributed by atoms with Crippen molar-refractivity contribution < 1.29 is 29.3 Å². The van der Waals surface area contributed by atoms with Gasteiger partial charge in [0.2, 0.25) is 0 Å². The molecule has 2 N–H and O–H groups in total. The van der Waals surface area contributed by atoms with Gasteiger partial charge in [0, 0.05) is 36.0 Å². The van der Waals surface area contributed by atoms with Crippen molar-refractivity contribution in [2.24, 2.45) is 0 Å². The van der Waals surface area contributed by atoms with Crippen molar-refractivity contribution in [3.05, 3.63) is 22.7 Å². The van der Waals surface area contributed by atoms with Crippen molar-refractivity contribution >= 4 is 41.5 Å². The van der Waals surface area contributed by atoms with Crippen molar-refractivity contribution in [1.29, 1.82) is 0 Å². The molecular weight excluding hydrogens is 227 g/mol. The largest absolute Gasteiger partial charge is 0.504 e. The van der Waals surface area contributed by atoms with Gasteiger partial charge in [0.15, 0.2) is 11.5 Å². The first-order valence-electron chi connectivity index (χ1n) is 4.04. The van der Waals surface area contributed by atoms with E-state index in [9.17, 15) is 19.8 Å². The molecule has 0 bridgehead atoms. The van der Waals surface area contributed by atoms with E-state index in [0.29, 0.717) is 0 Å². The molecule has 1 rings (SSSR count). The first kappa shape index (κ1) is 15.0. The summed E-state index contributed by atoms with van der Waals surface area (Å²) in [6, 6.07) is 0. The average molecular weight is 237 g/mol. The topological polar surface area (TPSA) is 93.1 Å². The van der Waals surface area contributed by atoms with Crippen molar-refractivity contribution in [3.8, 4) is 0 Å². The van der Waals surface area contributed by atoms with Crippen molar-refractivity contribution in [3.63, 3.8) is 0 Å². The van der Waals surface area contributed by atoms with Crippen LogP contribution in [-0.4, -0.2) is 65.9 Å². The second kappa shape index (κ2) is 5.93. The van der Waals surface area contributed by atoms with Gasteiger partial charge in [0.25, 0.3) is 0 Å². The number of esters is 2. The Hall–Kier alpha value is -0.980. The van der Waals surface area contributed by atoms with Gasteiger partial charge < -0.3 is 19.7 Å². The van der Waals surface area contributed by atoms with Crippen LogP contribution in [0.2, 0.25) is 0 Å². The Morgan fingerprint density at radius 2 is 1.31 bits per heavy atom. The van der Waals surface area contributed by atoms with Crippen molar-refractivity contribution in [2.45, 2.75) is 6.42 Å². The first-order chi connectivity index (χ1) is 7.02. The van der Waals surface area contributed by atoms with Crippen LogP contribution in [-0.2, 0) is 19.1 Å². The van der Waals surface area contributed by atoms with Crippen LogP contribution in [0.15, 0.2) is 22.7 Å². The molecule has 0 aliphatic heterocycles. The monoisotopic (exact) mass is 237 g/mol. The van der Waals surface area contributed by atoms with Gasteiger partial charge in [-0.15, -0.1) is 0 Å². The van der Waals surface area contributed by atoms with Gasteiger partial charge in [-0.3, -0.25) is 0 Å². The summed E-state index contributed by atoms with van der Waals surface area (Å²) in [4.78, 5) is 22.2. The zero-order valence-electron chi connectivity index (χ0n) is 9.23. The smallest absolute Gasteiger partial charge is 0.337 e. The Morgan fingerprint density at radius 3 is 1.56 bits per heavy atom. The van der Waals surface area contributed by atoms with Crippen LogP contribution < -0.4 is 0 Å². The van der Waals surface area contributed by atoms with Gasteiger partial charge in [0.05, 0.1) is 25.4 Å². The van der Waals surface area contributed by atoms with Gasteiger partial charge >= 0.3 is 11.9 Å². The van der Waals surface area contributed by atoms with Gasteiger partial charge in [-0.1, -0.05) is 0 Å². The molecule has 0 fully saturated rings. The Bertz CT molecular complexity index is 345. The van der Waals surface area contributed by atoms with Crippen LogP contribution in [0.3, 0.4) is 0 Å². The van der Waals surface area contributed by atoms with E-state index in [-0.39, 0.29) is 47.1 Å². The molecule has 1 aliphatic rings. The SMILES string of the molecule is COC(=O)C1=C(O)C(O)=C(C(=O)OC)C1.[Na]. The molecule has 0 saturated carbocycles. The van der Waals surface area contributed by atoms with Crippen LogP contribution in [0.1, 0.15) is 6.42 Å². The fourth-order valence-corrected chi connectivity index (χ4v) is 1.21. The molecule has 0 aromatic rings. The summed E-state index contributed by atoms with van der Waals surface area (Å²) < 4.78 is 8.74. The van der Waals surface area contributed by atoms with E-state index in [1.165, 1.54) is 0 Å². The fraction of sp³-hybridized carbons (Fsp3) is 0.333. The zero-order valence-corrected chi connectivity index (χ0v) is 11.2. The summed E-state index contributed by atoms with van der Waals surface area (Å²) in [5.41, 5.74) is -0.314. The molecular formula is C9H10NaO6. The Kier molecular flexibility index (Phi) is 5.57. The van der Waals surface area contributed by atoms with E-state index < -0.39 is 23.5 Å². The van der Waals surface area contributed by atoms with Crippen LogP contribution in [0.5, 0.6) is 0 Å². The maximum atomic E-state index is 11.1. The summed E-state index contributed by atoms with van der Waals surface area (Å²) >= 11 is 0. The molecule has 1 aliphatic carbocycles. The molecule has 7 heteroatoms. The minimum Gasteiger partial charge on any atom is -0.504 e. The van der Waals surface area contributed by atoms with E-state index >= 15 is 0 Å². The number of ether oxygens (including phenoxy) is 2. The van der Waals surface area contributed by atoms with E-state index in [2.05, 4.69) is 9.47 Å². The predicted molar refractivity (Wildman–Crippen MR) is 53.7 cm³/mol. The Labute approximate surface area is 114 Å². The molecule has 0 spiro atoms. The number of carbonyl (C=O) groups excluding carboxylic acids is 2. The van der Waals surface area contributed by atoms with Crippen molar-refractivity contribution in [2.75, 3.05) is 14.2 Å². The molecule has 0 aromatic heterocycles. The van der Waals surface area contributed by atoms with E-state index in [1.54, 1.807) is 0 Å². The third kappa shape index (κ3) is 2.58. The summed E-state index contributed by atoms with van der Waals surface area (Å²) in [6.07, 6.45) is -0.197. The molecule has 0 amide bonds. The molecule has 0 atom stereocenters. The van der Waals surface area contributed by atoms with E-state index in [1.807, 2.05) is 0 Å². The predicted octanol–water partition coefficient (Wildman–Crippen LogP) is -0.0205. The third-order valence-electron chi connectivity index (χ3n) is 2.01. The molecule has 16 heavy (non-hydrogen) atoms. The summed E-state index contributed by atoms with van der Waals surface area (Å²) in [6.45, 7) is 0. The molecule has 83 valence electrons. The maximum Gasteiger partial charge on any atom is 0.337 e. The van der Waals surface area contributed by atoms with Crippen LogP contribution in [0, 0.1) is 0 Å². The fourth-order valence-electron chi connectivity index (χ4n) is 1.21. The number of carbonyl (C=O) groups is 2. The molecule has 6 nitrogen and oxygen atoms in total. The number of methoxy groups -OCH3 is 2. The van der Waals surface area contributed by atoms with Gasteiger partial charge in [-0.05, 0) is 0 Å². The van der Waals surface area contributed by atoms with Crippen LogP contribution in [0.4, 0.5) is 0 Å². The summed E-state index contributed by atoms with van der Waals surface area (Å²) in [5, 5.41) is 18.7. The summed E-state index contributed by atoms with van der Waals surface area (Å²) in [5.74, 6) is -2.86. The standard InChI is InChI=1S/C9H10O6.Na/c1-14-8(12)4-3-5(9(13)15-2)7(11)6(4)10;/h10-11H,3H2,1-2H3;. The molecule has 0 heterocycles. The number of hydrogen-bond donors (Lipinski definition) is 2. The number of hydrogen-bond acceptors (Lipinski definition) is 6. The number of aliphatic hydroxyl groups excluding tert-OH is 2. The number of aliphatic hydroxyl groups is 2. The van der Waals surface area contributed by atoms with E-state index in [0.717, 1.165) is 14.2 Å². The molecule has 0 aromatic carbocycles. The molecule has 0 saturated heterocycles. The normalized spacial score (nSPS) is 14.6. The number of rotatable bonds is 2.